The summed E-state index contributed by atoms with van der Waals surface area (Å²) in [5.41, 5.74) is 0. The molecular formula is CHNO2SSe. The molecule has 1 atom stereocenters. The molecule has 0 radical (unpaired) electrons. The molecule has 0 aromatic carbocycles. The van der Waals surface area contributed by atoms with Crippen LogP contribution in [-0.4, -0.2) is 17.2 Å². The van der Waals surface area contributed by atoms with Crippen LogP contribution in [0, 0.1) is 10.7 Å². The van der Waals surface area contributed by atoms with Crippen molar-refractivity contribution in [2.75, 3.05) is 0 Å². The summed E-state index contributed by atoms with van der Waals surface area (Å²) in [5.74, 6) is 0. The van der Waals surface area contributed by atoms with Crippen LogP contribution >= 0.6 is 10.2 Å². The van der Waals surface area contributed by atoms with Gasteiger partial charge in [0.1, 0.15) is 0 Å². The Morgan fingerprint density at radius 2 is 2.50 bits per heavy atom. The van der Waals surface area contributed by atoms with E-state index in [-0.39, 0.29) is 0 Å². The van der Waals surface area contributed by atoms with Gasteiger partial charge in [-0.05, 0) is 0 Å². The van der Waals surface area contributed by atoms with E-state index in [4.69, 9.17) is 9.45 Å². The second-order valence-electron chi connectivity index (χ2n) is 0.392. The maximum absolute atomic E-state index is 9.55. The molecule has 1 N–H and O–H groups in total. The minimum absolute atomic E-state index is 0.417. The van der Waals surface area contributed by atoms with Crippen LogP contribution in [0.3, 0.4) is 0 Å². The van der Waals surface area contributed by atoms with E-state index in [1.165, 1.54) is 5.40 Å². The van der Waals surface area contributed by atoms with Gasteiger partial charge in [0.05, 0.1) is 0 Å². The molecule has 0 saturated heterocycles. The van der Waals surface area contributed by atoms with Gasteiger partial charge in [-0.2, -0.15) is 0 Å². The fraction of sp³-hybridized carbons (Fsp3) is 0. The molecule has 0 amide bonds. The quantitative estimate of drug-likeness (QED) is 0.430. The number of rotatable bonds is 1. The van der Waals surface area contributed by atoms with E-state index >= 15 is 0 Å². The zero-order chi connectivity index (χ0) is 4.99. The zero-order valence-electron chi connectivity index (χ0n) is 2.62. The van der Waals surface area contributed by atoms with E-state index < -0.39 is 13.0 Å². The Bertz CT molecular complexity index is 96.2. The Labute approximate surface area is 42.4 Å². The van der Waals surface area contributed by atoms with Crippen LogP contribution in [0.15, 0.2) is 0 Å². The fourth-order valence-corrected chi connectivity index (χ4v) is 0.497. The molecule has 0 fully saturated rings. The summed E-state index contributed by atoms with van der Waals surface area (Å²) in [6.45, 7) is 0. The summed E-state index contributed by atoms with van der Waals surface area (Å²) in [4.78, 5) is 0. The molecule has 0 rings (SSSR count). The number of hydrogen-bond acceptors (Lipinski definition) is 3. The molecule has 0 bridgehead atoms. The van der Waals surface area contributed by atoms with E-state index in [1.54, 1.807) is 0 Å². The molecule has 0 saturated carbocycles. The first-order chi connectivity index (χ1) is 2.77. The summed E-state index contributed by atoms with van der Waals surface area (Å²) < 4.78 is 17.4. The van der Waals surface area contributed by atoms with Crippen molar-refractivity contribution >= 4 is 23.2 Å². The number of hydrogen-bond donors (Lipinski definition) is 1. The van der Waals surface area contributed by atoms with Crippen LogP contribution in [0.4, 0.5) is 0 Å². The third-order valence-electron chi connectivity index (χ3n) is 0.109. The summed E-state index contributed by atoms with van der Waals surface area (Å²) in [5, 5.41) is 9.10. The van der Waals surface area contributed by atoms with Crippen molar-refractivity contribution in [2.24, 2.45) is 0 Å². The molecule has 0 heterocycles. The summed E-state index contributed by atoms with van der Waals surface area (Å²) in [7, 11) is 0.417. The molecule has 5 heteroatoms. The first-order valence-electron chi connectivity index (χ1n) is 0.944. The molecular weight excluding hydrogens is 169 g/mol. The van der Waals surface area contributed by atoms with Gasteiger partial charge in [-0.3, -0.25) is 0 Å². The van der Waals surface area contributed by atoms with Gasteiger partial charge in [-0.15, -0.1) is 0 Å². The zero-order valence-corrected chi connectivity index (χ0v) is 5.15. The third kappa shape index (κ3) is 4.12. The first-order valence-corrected chi connectivity index (χ1v) is 5.25. The normalized spacial score (nSPS) is 12.7. The number of nitrogens with zero attached hydrogens (tertiary/aromatic N) is 1. The van der Waals surface area contributed by atoms with Crippen LogP contribution in [0.5, 0.6) is 0 Å². The average molecular weight is 170 g/mol. The predicted octanol–water partition coefficient (Wildman–Crippen LogP) is -0.392. The van der Waals surface area contributed by atoms with Crippen molar-refractivity contribution in [2.45, 2.75) is 0 Å². The molecule has 6 heavy (non-hydrogen) atoms. The van der Waals surface area contributed by atoms with Crippen LogP contribution in [0.1, 0.15) is 0 Å². The van der Waals surface area contributed by atoms with Crippen molar-refractivity contribution in [1.29, 1.82) is 5.26 Å². The summed E-state index contributed by atoms with van der Waals surface area (Å²) in [6, 6.07) is 0. The van der Waals surface area contributed by atoms with E-state index in [0.717, 1.165) is 0 Å². The van der Waals surface area contributed by atoms with Crippen LogP contribution < -0.4 is 0 Å². The van der Waals surface area contributed by atoms with Gasteiger partial charge < -0.3 is 0 Å². The van der Waals surface area contributed by atoms with Gasteiger partial charge in [-0.1, -0.05) is 0 Å². The third-order valence-corrected chi connectivity index (χ3v) is 1.69. The fourth-order valence-electron chi connectivity index (χ4n) is 0.0319. The molecule has 0 aromatic heterocycles. The second kappa shape index (κ2) is 3.31. The van der Waals surface area contributed by atoms with Gasteiger partial charge in [0.2, 0.25) is 0 Å². The maximum atomic E-state index is 9.55. The van der Waals surface area contributed by atoms with Gasteiger partial charge in [-0.25, -0.2) is 0 Å². The van der Waals surface area contributed by atoms with E-state index in [9.17, 15) is 3.83 Å². The molecule has 0 aromatic rings. The van der Waals surface area contributed by atoms with Gasteiger partial charge >= 0.3 is 41.9 Å². The predicted molar refractivity (Wildman–Crippen MR) is 21.9 cm³/mol. The molecule has 0 aliphatic carbocycles. The Kier molecular flexibility index (Phi) is 3.38. The van der Waals surface area contributed by atoms with Crippen LogP contribution in [-0.2, 0) is 3.83 Å². The minimum atomic E-state index is -2.76. The molecule has 0 aliphatic rings. The van der Waals surface area contributed by atoms with Crippen LogP contribution in [0.25, 0.3) is 0 Å². The van der Waals surface area contributed by atoms with Gasteiger partial charge in [0, 0.05) is 0 Å². The molecule has 3 nitrogen and oxygen atoms in total. The Hall–Kier alpha value is 0.119. The molecule has 0 aliphatic heterocycles. The first kappa shape index (κ1) is 6.12. The van der Waals surface area contributed by atoms with Crippen molar-refractivity contribution < 1.29 is 8.02 Å². The average Bonchev–Trinajstić information content (AvgIpc) is 1.35. The Balaban J connectivity index is 3.13. The second-order valence-corrected chi connectivity index (χ2v) is 4.18. The number of nitriles is 1. The van der Waals surface area contributed by atoms with Crippen molar-refractivity contribution in [3.8, 4) is 5.40 Å². The molecule has 34 valence electrons. The van der Waals surface area contributed by atoms with Crippen LogP contribution in [0.2, 0.25) is 0 Å². The van der Waals surface area contributed by atoms with Crippen molar-refractivity contribution in [3.63, 3.8) is 0 Å². The molecule has 1 unspecified atom stereocenters. The van der Waals surface area contributed by atoms with Crippen molar-refractivity contribution in [3.05, 3.63) is 0 Å². The van der Waals surface area contributed by atoms with Gasteiger partial charge in [0.15, 0.2) is 0 Å². The van der Waals surface area contributed by atoms with Crippen molar-refractivity contribution in [1.82, 2.24) is 0 Å². The van der Waals surface area contributed by atoms with Gasteiger partial charge in [0.25, 0.3) is 0 Å². The topological polar surface area (TPSA) is 61.1 Å². The Morgan fingerprint density at radius 3 is 2.50 bits per heavy atom. The SMILES string of the molecule is N#CS[Se](=O)O. The molecule has 0 spiro atoms. The standard InChI is InChI=1S/CHNO2SSe/c2-1-5-6(3)4/h(H,3,4). The van der Waals surface area contributed by atoms with E-state index in [0.29, 0.717) is 10.2 Å². The summed E-state index contributed by atoms with van der Waals surface area (Å²) in [6.07, 6.45) is 0. The monoisotopic (exact) mass is 171 g/mol. The summed E-state index contributed by atoms with van der Waals surface area (Å²) >= 11 is -2.76. The Morgan fingerprint density at radius 1 is 2.00 bits per heavy atom. The number of thiocyanates is 1. The van der Waals surface area contributed by atoms with E-state index in [1.807, 2.05) is 0 Å². The van der Waals surface area contributed by atoms with E-state index in [2.05, 4.69) is 0 Å².